The molecule has 0 aromatic carbocycles. The van der Waals surface area contributed by atoms with Crippen LogP contribution in [-0.2, 0) is 4.74 Å². The average Bonchev–Trinajstić information content (AvgIpc) is 2.24. The predicted molar refractivity (Wildman–Crippen MR) is 55.0 cm³/mol. The summed E-state index contributed by atoms with van der Waals surface area (Å²) in [4.78, 5) is 1.58. The molecule has 0 aromatic rings. The predicted octanol–water partition coefficient (Wildman–Crippen LogP) is 0.736. The van der Waals surface area contributed by atoms with Crippen LogP contribution < -0.4 is 5.73 Å². The fraction of sp³-hybridized carbons (Fsp3) is 0.900. The fourth-order valence-electron chi connectivity index (χ4n) is 1.69. The van der Waals surface area contributed by atoms with E-state index in [9.17, 15) is 13.2 Å². The molecule has 4 nitrogen and oxygen atoms in total. The number of morpholine rings is 1. The summed E-state index contributed by atoms with van der Waals surface area (Å²) in [5, 5.41) is 8.51. The second-order valence-corrected chi connectivity index (χ2v) is 4.25. The molecule has 3 atom stereocenters. The van der Waals surface area contributed by atoms with Crippen molar-refractivity contribution in [3.63, 3.8) is 0 Å². The monoisotopic (exact) mass is 251 g/mol. The van der Waals surface area contributed by atoms with Gasteiger partial charge in [0.25, 0.3) is 0 Å². The summed E-state index contributed by atoms with van der Waals surface area (Å²) < 4.78 is 42.6. The van der Waals surface area contributed by atoms with Crippen molar-refractivity contribution in [3.05, 3.63) is 0 Å². The maximum absolute atomic E-state index is 12.4. The third-order valence-corrected chi connectivity index (χ3v) is 2.76. The van der Waals surface area contributed by atoms with Gasteiger partial charge in [-0.05, 0) is 6.92 Å². The van der Waals surface area contributed by atoms with E-state index in [0.717, 1.165) is 0 Å². The Morgan fingerprint density at radius 1 is 1.59 bits per heavy atom. The Balaban J connectivity index is 2.54. The van der Waals surface area contributed by atoms with Crippen LogP contribution in [0.15, 0.2) is 0 Å². The van der Waals surface area contributed by atoms with Crippen molar-refractivity contribution in [3.8, 4) is 6.07 Å². The van der Waals surface area contributed by atoms with Crippen molar-refractivity contribution in [2.24, 2.45) is 11.7 Å². The van der Waals surface area contributed by atoms with Crippen molar-refractivity contribution >= 4 is 0 Å². The van der Waals surface area contributed by atoms with E-state index in [-0.39, 0.29) is 18.7 Å². The molecule has 0 saturated carbocycles. The SMILES string of the molecule is CC(N)C1CN(CC(C#N)C(F)(F)F)CCO1. The highest BCUT2D eigenvalue weighted by Gasteiger charge is 2.41. The van der Waals surface area contributed by atoms with E-state index in [4.69, 9.17) is 15.7 Å². The number of hydrogen-bond acceptors (Lipinski definition) is 4. The van der Waals surface area contributed by atoms with E-state index in [1.165, 1.54) is 6.07 Å². The maximum Gasteiger partial charge on any atom is 0.405 e. The van der Waals surface area contributed by atoms with E-state index in [2.05, 4.69) is 0 Å². The standard InChI is InChI=1S/C10H16F3N3O/c1-7(15)9-6-16(2-3-17-9)5-8(4-14)10(11,12)13/h7-9H,2-3,5-6,15H2,1H3. The van der Waals surface area contributed by atoms with Crippen LogP contribution in [0, 0.1) is 17.2 Å². The summed E-state index contributed by atoms with van der Waals surface area (Å²) in [6.07, 6.45) is -4.74. The maximum atomic E-state index is 12.4. The number of halogens is 3. The first-order chi connectivity index (χ1) is 7.84. The molecule has 0 bridgehead atoms. The summed E-state index contributed by atoms with van der Waals surface area (Å²) in [6, 6.07) is 1.06. The molecule has 0 aromatic heterocycles. The van der Waals surface area contributed by atoms with E-state index >= 15 is 0 Å². The van der Waals surface area contributed by atoms with Crippen LogP contribution >= 0.6 is 0 Å². The molecule has 1 saturated heterocycles. The molecule has 1 aliphatic heterocycles. The fourth-order valence-corrected chi connectivity index (χ4v) is 1.69. The Morgan fingerprint density at radius 3 is 2.71 bits per heavy atom. The smallest absolute Gasteiger partial charge is 0.374 e. The number of nitriles is 1. The van der Waals surface area contributed by atoms with Gasteiger partial charge in [-0.25, -0.2) is 0 Å². The number of rotatable bonds is 3. The van der Waals surface area contributed by atoms with Gasteiger partial charge in [0.1, 0.15) is 0 Å². The normalized spacial score (nSPS) is 26.2. The molecule has 17 heavy (non-hydrogen) atoms. The molecule has 7 heteroatoms. The number of nitrogens with zero attached hydrogens (tertiary/aromatic N) is 2. The number of alkyl halides is 3. The highest BCUT2D eigenvalue weighted by Crippen LogP contribution is 2.26. The lowest BCUT2D eigenvalue weighted by Crippen LogP contribution is -2.51. The summed E-state index contributed by atoms with van der Waals surface area (Å²) in [6.45, 7) is 2.53. The minimum Gasteiger partial charge on any atom is -0.374 e. The van der Waals surface area contributed by atoms with E-state index in [1.807, 2.05) is 0 Å². The lowest BCUT2D eigenvalue weighted by atomic mass is 10.1. The Morgan fingerprint density at radius 2 is 2.24 bits per heavy atom. The lowest BCUT2D eigenvalue weighted by molar-refractivity contribution is -0.167. The Labute approximate surface area is 98.1 Å². The van der Waals surface area contributed by atoms with Crippen LogP contribution in [0.25, 0.3) is 0 Å². The molecule has 0 spiro atoms. The van der Waals surface area contributed by atoms with Crippen molar-refractivity contribution in [2.75, 3.05) is 26.2 Å². The molecule has 0 radical (unpaired) electrons. The van der Waals surface area contributed by atoms with Crippen LogP contribution in [0.4, 0.5) is 13.2 Å². The van der Waals surface area contributed by atoms with Crippen LogP contribution in [0.1, 0.15) is 6.92 Å². The lowest BCUT2D eigenvalue weighted by Gasteiger charge is -2.35. The van der Waals surface area contributed by atoms with E-state index in [1.54, 1.807) is 11.8 Å². The zero-order chi connectivity index (χ0) is 13.1. The molecule has 1 aliphatic rings. The molecule has 1 rings (SSSR count). The number of hydrogen-bond donors (Lipinski definition) is 1. The van der Waals surface area contributed by atoms with Gasteiger partial charge >= 0.3 is 6.18 Å². The van der Waals surface area contributed by atoms with Gasteiger partial charge in [0.05, 0.1) is 18.8 Å². The van der Waals surface area contributed by atoms with Crippen molar-refractivity contribution in [1.29, 1.82) is 5.26 Å². The van der Waals surface area contributed by atoms with Crippen molar-refractivity contribution in [2.45, 2.75) is 25.2 Å². The van der Waals surface area contributed by atoms with Crippen LogP contribution in [0.2, 0.25) is 0 Å². The molecule has 0 amide bonds. The molecule has 98 valence electrons. The molecular formula is C10H16F3N3O. The average molecular weight is 251 g/mol. The Bertz CT molecular complexity index is 288. The molecule has 1 heterocycles. The van der Waals surface area contributed by atoms with Gasteiger partial charge in [-0.15, -0.1) is 0 Å². The molecule has 3 unspecified atom stereocenters. The molecule has 1 fully saturated rings. The zero-order valence-electron chi connectivity index (χ0n) is 9.57. The number of nitrogens with two attached hydrogens (primary N) is 1. The Hall–Kier alpha value is -0.840. The first kappa shape index (κ1) is 14.2. The van der Waals surface area contributed by atoms with Gasteiger partial charge in [-0.1, -0.05) is 0 Å². The second-order valence-electron chi connectivity index (χ2n) is 4.25. The van der Waals surface area contributed by atoms with Gasteiger partial charge < -0.3 is 10.5 Å². The third kappa shape index (κ3) is 4.15. The van der Waals surface area contributed by atoms with Crippen LogP contribution in [-0.4, -0.2) is 49.5 Å². The molecule has 0 aliphatic carbocycles. The second kappa shape index (κ2) is 5.67. The van der Waals surface area contributed by atoms with Gasteiger partial charge in [-0.3, -0.25) is 4.90 Å². The minimum atomic E-state index is -4.48. The topological polar surface area (TPSA) is 62.3 Å². The van der Waals surface area contributed by atoms with Crippen LogP contribution in [0.5, 0.6) is 0 Å². The first-order valence-electron chi connectivity index (χ1n) is 5.40. The Kier molecular flexibility index (Phi) is 4.74. The van der Waals surface area contributed by atoms with Gasteiger partial charge in [0, 0.05) is 25.7 Å². The molecular weight excluding hydrogens is 235 g/mol. The largest absolute Gasteiger partial charge is 0.405 e. The quantitative estimate of drug-likeness (QED) is 0.803. The van der Waals surface area contributed by atoms with Gasteiger partial charge in [0.2, 0.25) is 0 Å². The number of ether oxygens (including phenoxy) is 1. The third-order valence-electron chi connectivity index (χ3n) is 2.76. The first-order valence-corrected chi connectivity index (χ1v) is 5.40. The zero-order valence-corrected chi connectivity index (χ0v) is 9.57. The van der Waals surface area contributed by atoms with Crippen molar-refractivity contribution < 1.29 is 17.9 Å². The summed E-state index contributed by atoms with van der Waals surface area (Å²) in [5.41, 5.74) is 5.64. The van der Waals surface area contributed by atoms with E-state index < -0.39 is 12.1 Å². The minimum absolute atomic E-state index is 0.232. The van der Waals surface area contributed by atoms with Crippen molar-refractivity contribution in [1.82, 2.24) is 4.90 Å². The molecule has 2 N–H and O–H groups in total. The summed E-state index contributed by atoms with van der Waals surface area (Å²) >= 11 is 0. The summed E-state index contributed by atoms with van der Waals surface area (Å²) in [7, 11) is 0. The highest BCUT2D eigenvalue weighted by molar-refractivity contribution is 4.92. The van der Waals surface area contributed by atoms with Gasteiger partial charge in [0.15, 0.2) is 5.92 Å². The van der Waals surface area contributed by atoms with E-state index in [0.29, 0.717) is 19.7 Å². The highest BCUT2D eigenvalue weighted by atomic mass is 19.4. The van der Waals surface area contributed by atoms with Crippen LogP contribution in [0.3, 0.4) is 0 Å². The van der Waals surface area contributed by atoms with Gasteiger partial charge in [-0.2, -0.15) is 18.4 Å². The summed E-state index contributed by atoms with van der Waals surface area (Å²) in [5.74, 6) is -1.95.